The molecule has 2 amide bonds. The van der Waals surface area contributed by atoms with E-state index < -0.39 is 0 Å². The van der Waals surface area contributed by atoms with Gasteiger partial charge in [-0.2, -0.15) is 0 Å². The predicted octanol–water partition coefficient (Wildman–Crippen LogP) is 5.04. The van der Waals surface area contributed by atoms with Gasteiger partial charge < -0.3 is 20.3 Å². The first kappa shape index (κ1) is 23.4. The number of carbonyl (C=O) groups excluding carboxylic acids is 2. The zero-order chi connectivity index (χ0) is 24.1. The minimum Gasteiger partial charge on any atom is -0.497 e. The first-order valence-corrected chi connectivity index (χ1v) is 11.7. The second kappa shape index (κ2) is 10.4. The maximum Gasteiger partial charge on any atom is 0.255 e. The van der Waals surface area contributed by atoms with Crippen molar-refractivity contribution in [2.75, 3.05) is 23.9 Å². The Balaban J connectivity index is 1.63. The Kier molecular flexibility index (Phi) is 7.16. The van der Waals surface area contributed by atoms with Crippen molar-refractivity contribution in [2.24, 2.45) is 0 Å². The van der Waals surface area contributed by atoms with Gasteiger partial charge in [-0.1, -0.05) is 37.3 Å². The lowest BCUT2D eigenvalue weighted by atomic mass is 9.98. The number of hydrogen-bond donors (Lipinski definition) is 2. The standard InChI is InChI=1S/C28H31N3O3/c1-4-19(2)29-28(33)25-17-23(30-27(32)21-10-7-11-24(16-21)34-3)12-13-26(25)31-15-14-20-8-5-6-9-22(20)18-31/h5-13,16-17,19H,4,14-15,18H2,1-3H3,(H,29,33)(H,30,32). The van der Waals surface area contributed by atoms with Crippen LogP contribution in [0.15, 0.2) is 66.7 Å². The van der Waals surface area contributed by atoms with Crippen LogP contribution in [0.25, 0.3) is 0 Å². The maximum atomic E-state index is 13.2. The van der Waals surface area contributed by atoms with Crippen LogP contribution in [0.3, 0.4) is 0 Å². The highest BCUT2D eigenvalue weighted by molar-refractivity contribution is 6.06. The van der Waals surface area contributed by atoms with Gasteiger partial charge in [0.15, 0.2) is 0 Å². The lowest BCUT2D eigenvalue weighted by Crippen LogP contribution is -2.35. The van der Waals surface area contributed by atoms with E-state index in [0.717, 1.165) is 31.6 Å². The van der Waals surface area contributed by atoms with E-state index in [9.17, 15) is 9.59 Å². The molecule has 0 bridgehead atoms. The summed E-state index contributed by atoms with van der Waals surface area (Å²) < 4.78 is 5.22. The van der Waals surface area contributed by atoms with E-state index in [4.69, 9.17) is 4.74 Å². The van der Waals surface area contributed by atoms with Crippen LogP contribution in [0.5, 0.6) is 5.75 Å². The summed E-state index contributed by atoms with van der Waals surface area (Å²) in [5.74, 6) is 0.217. The molecule has 4 rings (SSSR count). The van der Waals surface area contributed by atoms with Crippen molar-refractivity contribution in [1.29, 1.82) is 0 Å². The van der Waals surface area contributed by atoms with Gasteiger partial charge >= 0.3 is 0 Å². The fraction of sp³-hybridized carbons (Fsp3) is 0.286. The Morgan fingerprint density at radius 2 is 1.79 bits per heavy atom. The summed E-state index contributed by atoms with van der Waals surface area (Å²) in [6.07, 6.45) is 1.77. The SMILES string of the molecule is CCC(C)NC(=O)c1cc(NC(=O)c2cccc(OC)c2)ccc1N1CCc2ccccc2C1. The van der Waals surface area contributed by atoms with Crippen LogP contribution in [-0.4, -0.2) is 31.5 Å². The van der Waals surface area contributed by atoms with Gasteiger partial charge in [0, 0.05) is 36.1 Å². The first-order valence-electron chi connectivity index (χ1n) is 11.7. The summed E-state index contributed by atoms with van der Waals surface area (Å²) in [7, 11) is 1.57. The van der Waals surface area contributed by atoms with E-state index in [2.05, 4.69) is 39.8 Å². The number of carbonyl (C=O) groups is 2. The van der Waals surface area contributed by atoms with Crippen molar-refractivity contribution in [3.63, 3.8) is 0 Å². The molecule has 0 radical (unpaired) electrons. The molecule has 3 aromatic carbocycles. The van der Waals surface area contributed by atoms with Gasteiger partial charge in [-0.05, 0) is 67.3 Å². The highest BCUT2D eigenvalue weighted by Crippen LogP contribution is 2.30. The van der Waals surface area contributed by atoms with Gasteiger partial charge in [0.1, 0.15) is 5.75 Å². The van der Waals surface area contributed by atoms with Crippen LogP contribution in [-0.2, 0) is 13.0 Å². The molecule has 0 spiro atoms. The maximum absolute atomic E-state index is 13.2. The van der Waals surface area contributed by atoms with Crippen LogP contribution in [0.2, 0.25) is 0 Å². The molecular formula is C28H31N3O3. The molecule has 2 N–H and O–H groups in total. The molecule has 0 saturated carbocycles. The largest absolute Gasteiger partial charge is 0.497 e. The number of fused-ring (bicyclic) bond motifs is 1. The zero-order valence-corrected chi connectivity index (χ0v) is 19.9. The minimum atomic E-state index is -0.258. The van der Waals surface area contributed by atoms with Gasteiger partial charge in [-0.25, -0.2) is 0 Å². The molecule has 1 aliphatic heterocycles. The van der Waals surface area contributed by atoms with Crippen LogP contribution in [0.1, 0.15) is 52.1 Å². The fourth-order valence-electron chi connectivity index (χ4n) is 4.14. The monoisotopic (exact) mass is 457 g/mol. The molecule has 0 saturated heterocycles. The number of benzene rings is 3. The molecule has 3 aromatic rings. The molecule has 0 fully saturated rings. The number of rotatable bonds is 7. The number of amides is 2. The van der Waals surface area contributed by atoms with Crippen molar-refractivity contribution in [3.8, 4) is 5.75 Å². The van der Waals surface area contributed by atoms with Crippen molar-refractivity contribution < 1.29 is 14.3 Å². The van der Waals surface area contributed by atoms with Crippen LogP contribution in [0, 0.1) is 0 Å². The van der Waals surface area contributed by atoms with Gasteiger partial charge in [0.2, 0.25) is 0 Å². The van der Waals surface area contributed by atoms with E-state index in [-0.39, 0.29) is 17.9 Å². The number of nitrogens with zero attached hydrogens (tertiary/aromatic N) is 1. The molecule has 1 aliphatic rings. The molecule has 1 unspecified atom stereocenters. The van der Waals surface area contributed by atoms with E-state index >= 15 is 0 Å². The Labute approximate surface area is 200 Å². The Morgan fingerprint density at radius 3 is 2.56 bits per heavy atom. The van der Waals surface area contributed by atoms with E-state index in [1.807, 2.05) is 26.0 Å². The Morgan fingerprint density at radius 1 is 1.00 bits per heavy atom. The van der Waals surface area contributed by atoms with Gasteiger partial charge in [0.05, 0.1) is 12.7 Å². The second-order valence-corrected chi connectivity index (χ2v) is 8.64. The zero-order valence-electron chi connectivity index (χ0n) is 19.9. The lowest BCUT2D eigenvalue weighted by Gasteiger charge is -2.32. The van der Waals surface area contributed by atoms with Gasteiger partial charge in [-0.3, -0.25) is 9.59 Å². The van der Waals surface area contributed by atoms with Gasteiger partial charge in [-0.15, -0.1) is 0 Å². The van der Waals surface area contributed by atoms with E-state index in [0.29, 0.717) is 22.6 Å². The predicted molar refractivity (Wildman–Crippen MR) is 136 cm³/mol. The summed E-state index contributed by atoms with van der Waals surface area (Å²) in [4.78, 5) is 28.3. The normalized spacial score (nSPS) is 13.6. The lowest BCUT2D eigenvalue weighted by molar-refractivity contribution is 0.0938. The molecule has 6 nitrogen and oxygen atoms in total. The van der Waals surface area contributed by atoms with Crippen molar-refractivity contribution in [2.45, 2.75) is 39.3 Å². The first-order chi connectivity index (χ1) is 16.5. The summed E-state index contributed by atoms with van der Waals surface area (Å²) in [6.45, 7) is 5.60. The van der Waals surface area contributed by atoms with E-state index in [1.165, 1.54) is 11.1 Å². The van der Waals surface area contributed by atoms with Gasteiger partial charge in [0.25, 0.3) is 11.8 Å². The molecule has 34 heavy (non-hydrogen) atoms. The smallest absolute Gasteiger partial charge is 0.255 e. The number of ether oxygens (including phenoxy) is 1. The molecule has 6 heteroatoms. The Bertz CT molecular complexity index is 1190. The third-order valence-corrected chi connectivity index (χ3v) is 6.29. The van der Waals surface area contributed by atoms with Crippen molar-refractivity contribution in [1.82, 2.24) is 5.32 Å². The quantitative estimate of drug-likeness (QED) is 0.522. The van der Waals surface area contributed by atoms with Crippen LogP contribution >= 0.6 is 0 Å². The van der Waals surface area contributed by atoms with Crippen LogP contribution in [0.4, 0.5) is 11.4 Å². The molecule has 0 aliphatic carbocycles. The number of anilines is 2. The summed E-state index contributed by atoms with van der Waals surface area (Å²) >= 11 is 0. The topological polar surface area (TPSA) is 70.7 Å². The number of hydrogen-bond acceptors (Lipinski definition) is 4. The molecule has 1 atom stereocenters. The number of methoxy groups -OCH3 is 1. The fourth-order valence-corrected chi connectivity index (χ4v) is 4.14. The average molecular weight is 458 g/mol. The van der Waals surface area contributed by atoms with Crippen molar-refractivity contribution >= 4 is 23.2 Å². The summed E-state index contributed by atoms with van der Waals surface area (Å²) in [5, 5.41) is 6.00. The summed E-state index contributed by atoms with van der Waals surface area (Å²) in [6, 6.07) is 21.0. The second-order valence-electron chi connectivity index (χ2n) is 8.64. The molecule has 0 aromatic heterocycles. The van der Waals surface area contributed by atoms with E-state index in [1.54, 1.807) is 37.4 Å². The van der Waals surface area contributed by atoms with Crippen molar-refractivity contribution in [3.05, 3.63) is 89.0 Å². The highest BCUT2D eigenvalue weighted by atomic mass is 16.5. The molecule has 1 heterocycles. The highest BCUT2D eigenvalue weighted by Gasteiger charge is 2.22. The molecule has 176 valence electrons. The minimum absolute atomic E-state index is 0.0532. The third kappa shape index (κ3) is 5.22. The Hall–Kier alpha value is -3.80. The molecular weight excluding hydrogens is 426 g/mol. The average Bonchev–Trinajstić information content (AvgIpc) is 2.88. The summed E-state index contributed by atoms with van der Waals surface area (Å²) in [5.41, 5.74) is 5.12. The number of nitrogens with one attached hydrogen (secondary N) is 2. The van der Waals surface area contributed by atoms with Crippen LogP contribution < -0.4 is 20.3 Å². The third-order valence-electron chi connectivity index (χ3n) is 6.29.